The van der Waals surface area contributed by atoms with Crippen molar-refractivity contribution in [2.75, 3.05) is 13.7 Å². The highest BCUT2D eigenvalue weighted by molar-refractivity contribution is 7.89. The number of hydrogen-bond donors (Lipinski definition) is 2. The average molecular weight is 536 g/mol. The summed E-state index contributed by atoms with van der Waals surface area (Å²) in [6.07, 6.45) is 1.32. The third-order valence-electron chi connectivity index (χ3n) is 4.42. The number of amides is 1. The molecule has 182 valence electrons. The second kappa shape index (κ2) is 11.8. The van der Waals surface area contributed by atoms with Gasteiger partial charge in [-0.3, -0.25) is 4.79 Å². The third kappa shape index (κ3) is 7.27. The van der Waals surface area contributed by atoms with Gasteiger partial charge in [-0.25, -0.2) is 23.4 Å². The molecule has 0 unspecified atom stereocenters. The van der Waals surface area contributed by atoms with Gasteiger partial charge in [0.25, 0.3) is 5.91 Å². The SMILES string of the molecule is COc1cc(/C=N/NC(=O)CNS(=O)(=O)c2ccccc2)ccc1OC(=O)c1ccc(Cl)c(Cl)c1. The highest BCUT2D eigenvalue weighted by Gasteiger charge is 2.15. The van der Waals surface area contributed by atoms with Crippen LogP contribution in [-0.4, -0.2) is 40.2 Å². The summed E-state index contributed by atoms with van der Waals surface area (Å²) in [6.45, 7) is -0.499. The molecule has 0 aliphatic rings. The maximum absolute atomic E-state index is 12.4. The Hall–Kier alpha value is -3.44. The van der Waals surface area contributed by atoms with Gasteiger partial charge in [0, 0.05) is 0 Å². The highest BCUT2D eigenvalue weighted by atomic mass is 35.5. The summed E-state index contributed by atoms with van der Waals surface area (Å²) in [4.78, 5) is 24.4. The first kappa shape index (κ1) is 26.2. The fraction of sp³-hybridized carbons (Fsp3) is 0.0870. The molecule has 35 heavy (non-hydrogen) atoms. The lowest BCUT2D eigenvalue weighted by Gasteiger charge is -2.10. The normalized spacial score (nSPS) is 11.3. The molecular formula is C23H19Cl2N3O6S. The third-order valence-corrected chi connectivity index (χ3v) is 6.58. The number of carbonyl (C=O) groups is 2. The average Bonchev–Trinajstić information content (AvgIpc) is 2.85. The van der Waals surface area contributed by atoms with E-state index in [1.807, 2.05) is 0 Å². The smallest absolute Gasteiger partial charge is 0.343 e. The summed E-state index contributed by atoms with van der Waals surface area (Å²) in [6, 6.07) is 16.6. The van der Waals surface area contributed by atoms with E-state index in [2.05, 4.69) is 15.2 Å². The number of halogens is 2. The van der Waals surface area contributed by atoms with Crippen molar-refractivity contribution in [2.45, 2.75) is 4.90 Å². The summed E-state index contributed by atoms with van der Waals surface area (Å²) in [7, 11) is -2.42. The summed E-state index contributed by atoms with van der Waals surface area (Å²) >= 11 is 11.8. The van der Waals surface area contributed by atoms with Crippen LogP contribution in [0.3, 0.4) is 0 Å². The topological polar surface area (TPSA) is 123 Å². The predicted molar refractivity (Wildman–Crippen MR) is 132 cm³/mol. The quantitative estimate of drug-likeness (QED) is 0.186. The van der Waals surface area contributed by atoms with Gasteiger partial charge in [-0.05, 0) is 54.1 Å². The number of hydrazone groups is 1. The number of ether oxygens (including phenoxy) is 2. The van der Waals surface area contributed by atoms with Gasteiger partial charge >= 0.3 is 5.97 Å². The molecule has 3 aromatic rings. The van der Waals surface area contributed by atoms with Crippen LogP contribution in [0.25, 0.3) is 0 Å². The second-order valence-electron chi connectivity index (χ2n) is 6.86. The zero-order valence-corrected chi connectivity index (χ0v) is 20.5. The van der Waals surface area contributed by atoms with Crippen molar-refractivity contribution < 1.29 is 27.5 Å². The van der Waals surface area contributed by atoms with Gasteiger partial charge in [0.2, 0.25) is 10.0 Å². The molecule has 2 N–H and O–H groups in total. The number of nitrogens with one attached hydrogen (secondary N) is 2. The molecule has 0 fully saturated rings. The van der Waals surface area contributed by atoms with E-state index < -0.39 is 28.4 Å². The molecule has 0 bridgehead atoms. The summed E-state index contributed by atoms with van der Waals surface area (Å²) < 4.78 is 37.1. The van der Waals surface area contributed by atoms with E-state index in [0.717, 1.165) is 0 Å². The molecule has 12 heteroatoms. The minimum atomic E-state index is -3.82. The van der Waals surface area contributed by atoms with Crippen LogP contribution in [0.1, 0.15) is 15.9 Å². The van der Waals surface area contributed by atoms with E-state index >= 15 is 0 Å². The Morgan fingerprint density at radius 2 is 1.71 bits per heavy atom. The van der Waals surface area contributed by atoms with Crippen LogP contribution in [0.5, 0.6) is 11.5 Å². The van der Waals surface area contributed by atoms with Gasteiger partial charge in [-0.1, -0.05) is 41.4 Å². The number of sulfonamides is 1. The lowest BCUT2D eigenvalue weighted by molar-refractivity contribution is -0.119. The number of esters is 1. The number of benzene rings is 3. The first-order valence-electron chi connectivity index (χ1n) is 9.91. The second-order valence-corrected chi connectivity index (χ2v) is 9.44. The van der Waals surface area contributed by atoms with E-state index in [4.69, 9.17) is 32.7 Å². The van der Waals surface area contributed by atoms with E-state index in [1.54, 1.807) is 24.3 Å². The minimum Gasteiger partial charge on any atom is -0.493 e. The van der Waals surface area contributed by atoms with Crippen molar-refractivity contribution >= 4 is 51.3 Å². The molecule has 0 aliphatic carbocycles. The Balaban J connectivity index is 1.58. The van der Waals surface area contributed by atoms with E-state index in [0.29, 0.717) is 10.6 Å². The Kier molecular flexibility index (Phi) is 8.83. The van der Waals surface area contributed by atoms with Gasteiger partial charge in [-0.15, -0.1) is 0 Å². The zero-order valence-electron chi connectivity index (χ0n) is 18.2. The Morgan fingerprint density at radius 1 is 0.971 bits per heavy atom. The molecule has 0 radical (unpaired) electrons. The van der Waals surface area contributed by atoms with Crippen molar-refractivity contribution in [3.63, 3.8) is 0 Å². The fourth-order valence-corrected chi connectivity index (χ4v) is 3.99. The summed E-state index contributed by atoms with van der Waals surface area (Å²) in [5.41, 5.74) is 2.95. The molecule has 1 amide bonds. The van der Waals surface area contributed by atoms with Crippen LogP contribution in [-0.2, 0) is 14.8 Å². The Morgan fingerprint density at radius 3 is 2.40 bits per heavy atom. The maximum Gasteiger partial charge on any atom is 0.343 e. The van der Waals surface area contributed by atoms with Gasteiger partial charge in [-0.2, -0.15) is 5.10 Å². The van der Waals surface area contributed by atoms with Crippen molar-refractivity contribution in [3.8, 4) is 11.5 Å². The fourth-order valence-electron chi connectivity index (χ4n) is 2.69. The highest BCUT2D eigenvalue weighted by Crippen LogP contribution is 2.29. The standard InChI is InChI=1S/C23H19Cl2N3O6S/c1-33-21-11-15(7-10-20(21)34-23(30)16-8-9-18(24)19(25)12-16)13-26-28-22(29)14-27-35(31,32)17-5-3-2-4-6-17/h2-13,27H,14H2,1H3,(H,28,29)/b26-13+. The maximum atomic E-state index is 12.4. The molecule has 0 saturated carbocycles. The lowest BCUT2D eigenvalue weighted by Crippen LogP contribution is -2.34. The lowest BCUT2D eigenvalue weighted by atomic mass is 10.2. The van der Waals surface area contributed by atoms with Crippen LogP contribution in [0.4, 0.5) is 0 Å². The molecular weight excluding hydrogens is 517 g/mol. The van der Waals surface area contributed by atoms with Crippen molar-refractivity contribution in [3.05, 3.63) is 87.9 Å². The molecule has 0 aliphatic heterocycles. The van der Waals surface area contributed by atoms with Gasteiger partial charge in [0.05, 0.1) is 40.4 Å². The summed E-state index contributed by atoms with van der Waals surface area (Å²) in [5.74, 6) is -0.933. The molecule has 0 saturated heterocycles. The molecule has 0 heterocycles. The summed E-state index contributed by atoms with van der Waals surface area (Å²) in [5, 5.41) is 4.32. The van der Waals surface area contributed by atoms with Crippen molar-refractivity contribution in [2.24, 2.45) is 5.10 Å². The largest absolute Gasteiger partial charge is 0.493 e. The van der Waals surface area contributed by atoms with E-state index in [-0.39, 0.29) is 27.0 Å². The molecule has 0 aromatic heterocycles. The van der Waals surface area contributed by atoms with Crippen molar-refractivity contribution in [1.29, 1.82) is 0 Å². The van der Waals surface area contributed by atoms with Gasteiger partial charge < -0.3 is 9.47 Å². The predicted octanol–water partition coefficient (Wildman–Crippen LogP) is 3.65. The molecule has 9 nitrogen and oxygen atoms in total. The van der Waals surface area contributed by atoms with Crippen molar-refractivity contribution in [1.82, 2.24) is 10.1 Å². The monoisotopic (exact) mass is 535 g/mol. The van der Waals surface area contributed by atoms with E-state index in [1.165, 1.54) is 55.8 Å². The molecule has 3 rings (SSSR count). The number of nitrogens with zero attached hydrogens (tertiary/aromatic N) is 1. The minimum absolute atomic E-state index is 0.0448. The zero-order chi connectivity index (χ0) is 25.4. The van der Waals surface area contributed by atoms with Crippen LogP contribution >= 0.6 is 23.2 Å². The number of hydrogen-bond acceptors (Lipinski definition) is 7. The molecule has 0 spiro atoms. The van der Waals surface area contributed by atoms with Gasteiger partial charge in [0.15, 0.2) is 11.5 Å². The molecule has 3 aromatic carbocycles. The van der Waals surface area contributed by atoms with E-state index in [9.17, 15) is 18.0 Å². The first-order chi connectivity index (χ1) is 16.7. The molecule has 0 atom stereocenters. The van der Waals surface area contributed by atoms with Crippen LogP contribution in [0.15, 0.2) is 76.7 Å². The van der Waals surface area contributed by atoms with Crippen LogP contribution in [0.2, 0.25) is 10.0 Å². The number of carbonyl (C=O) groups excluding carboxylic acids is 2. The Bertz CT molecular complexity index is 1360. The van der Waals surface area contributed by atoms with Gasteiger partial charge in [0.1, 0.15) is 0 Å². The Labute approximate surface area is 211 Å². The first-order valence-corrected chi connectivity index (χ1v) is 12.2. The van der Waals surface area contributed by atoms with Crippen LogP contribution in [0, 0.1) is 0 Å². The number of methoxy groups -OCH3 is 1. The number of rotatable bonds is 9. The van der Waals surface area contributed by atoms with Crippen LogP contribution < -0.4 is 19.6 Å².